The molecule has 4 nitrogen and oxygen atoms in total. The second kappa shape index (κ2) is 6.48. The van der Waals surface area contributed by atoms with Crippen LogP contribution in [-0.4, -0.2) is 12.0 Å². The summed E-state index contributed by atoms with van der Waals surface area (Å²) in [6.45, 7) is 3.94. The van der Waals surface area contributed by atoms with Crippen LogP contribution in [0.25, 0.3) is 0 Å². The standard InChI is InChI=1S/C15H16ClNO3/c1-10-5-6-12(16)8-14(10)20-11(2)15(18)17-9-13-4-3-7-19-13/h3-8,11H,9H2,1-2H3,(H,17,18). The van der Waals surface area contributed by atoms with Crippen LogP contribution >= 0.6 is 11.6 Å². The molecule has 1 heterocycles. The summed E-state index contributed by atoms with van der Waals surface area (Å²) in [7, 11) is 0. The monoisotopic (exact) mass is 293 g/mol. The lowest BCUT2D eigenvalue weighted by Crippen LogP contribution is -2.35. The van der Waals surface area contributed by atoms with E-state index >= 15 is 0 Å². The van der Waals surface area contributed by atoms with Gasteiger partial charge in [-0.1, -0.05) is 17.7 Å². The van der Waals surface area contributed by atoms with Crippen LogP contribution in [0.2, 0.25) is 5.02 Å². The number of carbonyl (C=O) groups excluding carboxylic acids is 1. The van der Waals surface area contributed by atoms with Crippen molar-refractivity contribution in [2.45, 2.75) is 26.5 Å². The lowest BCUT2D eigenvalue weighted by Gasteiger charge is -2.16. The van der Waals surface area contributed by atoms with Gasteiger partial charge in [-0.3, -0.25) is 4.79 Å². The molecule has 0 aliphatic heterocycles. The highest BCUT2D eigenvalue weighted by Crippen LogP contribution is 2.23. The molecule has 0 aliphatic carbocycles. The number of rotatable bonds is 5. The number of halogens is 1. The van der Waals surface area contributed by atoms with Gasteiger partial charge in [-0.05, 0) is 43.7 Å². The van der Waals surface area contributed by atoms with Crippen LogP contribution in [0.15, 0.2) is 41.0 Å². The van der Waals surface area contributed by atoms with E-state index in [1.807, 2.05) is 13.0 Å². The first-order chi connectivity index (χ1) is 9.56. The Labute approximate surface area is 122 Å². The maximum absolute atomic E-state index is 11.9. The molecule has 1 aromatic heterocycles. The fraction of sp³-hybridized carbons (Fsp3) is 0.267. The van der Waals surface area contributed by atoms with E-state index in [9.17, 15) is 4.79 Å². The Kier molecular flexibility index (Phi) is 4.69. The lowest BCUT2D eigenvalue weighted by atomic mass is 10.2. The number of carbonyl (C=O) groups is 1. The van der Waals surface area contributed by atoms with Crippen LogP contribution in [-0.2, 0) is 11.3 Å². The van der Waals surface area contributed by atoms with Crippen LogP contribution in [0.4, 0.5) is 0 Å². The van der Waals surface area contributed by atoms with Crippen molar-refractivity contribution in [1.29, 1.82) is 0 Å². The summed E-state index contributed by atoms with van der Waals surface area (Å²) in [6.07, 6.45) is 0.957. The van der Waals surface area contributed by atoms with Gasteiger partial charge >= 0.3 is 0 Å². The van der Waals surface area contributed by atoms with Crippen molar-refractivity contribution in [2.24, 2.45) is 0 Å². The van der Waals surface area contributed by atoms with Gasteiger partial charge in [0.1, 0.15) is 11.5 Å². The van der Waals surface area contributed by atoms with E-state index in [1.165, 1.54) is 0 Å². The summed E-state index contributed by atoms with van der Waals surface area (Å²) in [5.74, 6) is 1.10. The van der Waals surface area contributed by atoms with Crippen LogP contribution < -0.4 is 10.1 Å². The van der Waals surface area contributed by atoms with Gasteiger partial charge in [0.25, 0.3) is 5.91 Å². The second-order valence-corrected chi connectivity index (χ2v) is 4.90. The Morgan fingerprint density at radius 3 is 2.95 bits per heavy atom. The molecular formula is C15H16ClNO3. The molecule has 0 fully saturated rings. The molecule has 1 atom stereocenters. The third kappa shape index (κ3) is 3.78. The number of amides is 1. The number of benzene rings is 1. The SMILES string of the molecule is Cc1ccc(Cl)cc1OC(C)C(=O)NCc1ccco1. The van der Waals surface area contributed by atoms with E-state index in [4.69, 9.17) is 20.8 Å². The van der Waals surface area contributed by atoms with Crippen molar-refractivity contribution in [1.82, 2.24) is 5.32 Å². The zero-order chi connectivity index (χ0) is 14.5. The Morgan fingerprint density at radius 2 is 2.25 bits per heavy atom. The molecule has 1 N–H and O–H groups in total. The molecule has 0 aliphatic rings. The molecular weight excluding hydrogens is 278 g/mol. The summed E-state index contributed by atoms with van der Waals surface area (Å²) in [4.78, 5) is 11.9. The highest BCUT2D eigenvalue weighted by atomic mass is 35.5. The average Bonchev–Trinajstić information content (AvgIpc) is 2.93. The number of aryl methyl sites for hydroxylation is 1. The molecule has 1 aromatic carbocycles. The van der Waals surface area contributed by atoms with Crippen molar-refractivity contribution in [3.05, 3.63) is 52.9 Å². The maximum atomic E-state index is 11.9. The van der Waals surface area contributed by atoms with Gasteiger partial charge in [0.2, 0.25) is 0 Å². The first kappa shape index (κ1) is 14.5. The van der Waals surface area contributed by atoms with Crippen molar-refractivity contribution in [3.63, 3.8) is 0 Å². The Hall–Kier alpha value is -1.94. The van der Waals surface area contributed by atoms with Gasteiger partial charge in [0, 0.05) is 5.02 Å². The van der Waals surface area contributed by atoms with Crippen molar-refractivity contribution in [2.75, 3.05) is 0 Å². The molecule has 2 aromatic rings. The minimum Gasteiger partial charge on any atom is -0.481 e. The van der Waals surface area contributed by atoms with E-state index in [0.29, 0.717) is 23.1 Å². The molecule has 0 spiro atoms. The van der Waals surface area contributed by atoms with Crippen molar-refractivity contribution < 1.29 is 13.9 Å². The number of furan rings is 1. The topological polar surface area (TPSA) is 51.5 Å². The van der Waals surface area contributed by atoms with Gasteiger partial charge in [-0.2, -0.15) is 0 Å². The predicted molar refractivity (Wildman–Crippen MR) is 76.8 cm³/mol. The molecule has 0 radical (unpaired) electrons. The fourth-order valence-electron chi connectivity index (χ4n) is 1.68. The summed E-state index contributed by atoms with van der Waals surface area (Å²) < 4.78 is 10.8. The van der Waals surface area contributed by atoms with E-state index < -0.39 is 6.10 Å². The highest BCUT2D eigenvalue weighted by Gasteiger charge is 2.15. The van der Waals surface area contributed by atoms with Gasteiger partial charge in [0.05, 0.1) is 12.8 Å². The smallest absolute Gasteiger partial charge is 0.261 e. The van der Waals surface area contributed by atoms with E-state index in [1.54, 1.807) is 37.5 Å². The molecule has 20 heavy (non-hydrogen) atoms. The largest absolute Gasteiger partial charge is 0.481 e. The van der Waals surface area contributed by atoms with Crippen LogP contribution in [0.5, 0.6) is 5.75 Å². The fourth-order valence-corrected chi connectivity index (χ4v) is 1.84. The van der Waals surface area contributed by atoms with Gasteiger partial charge in [-0.25, -0.2) is 0 Å². The van der Waals surface area contributed by atoms with Crippen molar-refractivity contribution in [3.8, 4) is 5.75 Å². The van der Waals surface area contributed by atoms with E-state index in [0.717, 1.165) is 5.56 Å². The number of hydrogen-bond donors (Lipinski definition) is 1. The normalized spacial score (nSPS) is 11.9. The van der Waals surface area contributed by atoms with E-state index in [2.05, 4.69) is 5.32 Å². The average molecular weight is 294 g/mol. The molecule has 106 valence electrons. The summed E-state index contributed by atoms with van der Waals surface area (Å²) >= 11 is 5.92. The molecule has 0 saturated heterocycles. The molecule has 0 saturated carbocycles. The quantitative estimate of drug-likeness (QED) is 0.920. The third-order valence-corrected chi connectivity index (χ3v) is 3.08. The first-order valence-corrected chi connectivity index (χ1v) is 6.67. The first-order valence-electron chi connectivity index (χ1n) is 6.29. The second-order valence-electron chi connectivity index (χ2n) is 4.47. The van der Waals surface area contributed by atoms with Crippen LogP contribution in [0, 0.1) is 6.92 Å². The molecule has 5 heteroatoms. The minimum absolute atomic E-state index is 0.208. The molecule has 2 rings (SSSR count). The molecule has 1 amide bonds. The summed E-state index contributed by atoms with van der Waals surface area (Å²) in [6, 6.07) is 8.91. The number of nitrogens with one attached hydrogen (secondary N) is 1. The minimum atomic E-state index is -0.609. The summed E-state index contributed by atoms with van der Waals surface area (Å²) in [5.41, 5.74) is 0.931. The number of ether oxygens (including phenoxy) is 1. The highest BCUT2D eigenvalue weighted by molar-refractivity contribution is 6.30. The Bertz CT molecular complexity index is 581. The Morgan fingerprint density at radius 1 is 1.45 bits per heavy atom. The Balaban J connectivity index is 1.92. The van der Waals surface area contributed by atoms with Gasteiger partial charge < -0.3 is 14.5 Å². The molecule has 1 unspecified atom stereocenters. The van der Waals surface area contributed by atoms with Crippen LogP contribution in [0.1, 0.15) is 18.2 Å². The predicted octanol–water partition coefficient (Wildman–Crippen LogP) is 3.33. The van der Waals surface area contributed by atoms with Crippen LogP contribution in [0.3, 0.4) is 0 Å². The zero-order valence-electron chi connectivity index (χ0n) is 11.4. The van der Waals surface area contributed by atoms with Crippen molar-refractivity contribution >= 4 is 17.5 Å². The third-order valence-electron chi connectivity index (χ3n) is 2.84. The maximum Gasteiger partial charge on any atom is 0.261 e. The van der Waals surface area contributed by atoms with Gasteiger partial charge in [0.15, 0.2) is 6.10 Å². The number of hydrogen-bond acceptors (Lipinski definition) is 3. The van der Waals surface area contributed by atoms with Gasteiger partial charge in [-0.15, -0.1) is 0 Å². The zero-order valence-corrected chi connectivity index (χ0v) is 12.1. The molecule has 0 bridgehead atoms. The summed E-state index contributed by atoms with van der Waals surface area (Å²) in [5, 5.41) is 3.33. The lowest BCUT2D eigenvalue weighted by molar-refractivity contribution is -0.127. The van der Waals surface area contributed by atoms with E-state index in [-0.39, 0.29) is 5.91 Å².